The molecule has 2 aromatic carbocycles. The molecular weight excluding hydrogens is 342 g/mol. The Morgan fingerprint density at radius 3 is 2.44 bits per heavy atom. The summed E-state index contributed by atoms with van der Waals surface area (Å²) in [5.41, 5.74) is 3.22. The van der Waals surface area contributed by atoms with Crippen molar-refractivity contribution in [3.63, 3.8) is 0 Å². The largest absolute Gasteiger partial charge is 0.490 e. The van der Waals surface area contributed by atoms with Crippen molar-refractivity contribution in [3.05, 3.63) is 64.0 Å². The number of ether oxygens (including phenoxy) is 2. The van der Waals surface area contributed by atoms with E-state index in [-0.39, 0.29) is 5.63 Å². The fraction of sp³-hybridized carbons (Fsp3) is 0.318. The van der Waals surface area contributed by atoms with Crippen LogP contribution in [0, 0.1) is 0 Å². The van der Waals surface area contributed by atoms with Crippen LogP contribution < -0.4 is 20.4 Å². The molecule has 1 heterocycles. The molecule has 5 nitrogen and oxygen atoms in total. The first-order valence-corrected chi connectivity index (χ1v) is 9.33. The van der Waals surface area contributed by atoms with Gasteiger partial charge in [0, 0.05) is 29.8 Å². The van der Waals surface area contributed by atoms with E-state index in [0.29, 0.717) is 31.1 Å². The van der Waals surface area contributed by atoms with Crippen molar-refractivity contribution >= 4 is 16.7 Å². The van der Waals surface area contributed by atoms with Gasteiger partial charge in [0.1, 0.15) is 5.58 Å². The Balaban J connectivity index is 1.86. The summed E-state index contributed by atoms with van der Waals surface area (Å²) in [5.74, 6) is 1.43. The zero-order chi connectivity index (χ0) is 19.2. The Morgan fingerprint density at radius 2 is 1.70 bits per heavy atom. The third-order valence-electron chi connectivity index (χ3n) is 4.33. The molecule has 0 atom stereocenters. The summed E-state index contributed by atoms with van der Waals surface area (Å²) in [6.07, 6.45) is 0.897. The van der Waals surface area contributed by atoms with Gasteiger partial charge in [0.25, 0.3) is 0 Å². The SMILES string of the molecule is CCOc1ccc(NCc2cc(=O)oc3cc(CC)ccc23)cc1OCC. The number of hydrogen-bond donors (Lipinski definition) is 1. The van der Waals surface area contributed by atoms with Crippen LogP contribution in [0.5, 0.6) is 11.5 Å². The second-order valence-corrected chi connectivity index (χ2v) is 6.16. The van der Waals surface area contributed by atoms with Gasteiger partial charge in [-0.05, 0) is 49.6 Å². The highest BCUT2D eigenvalue weighted by atomic mass is 16.5. The second kappa shape index (κ2) is 8.62. The Hall–Kier alpha value is -2.95. The minimum atomic E-state index is -0.339. The van der Waals surface area contributed by atoms with E-state index in [4.69, 9.17) is 13.9 Å². The number of aryl methyl sites for hydroxylation is 1. The van der Waals surface area contributed by atoms with E-state index in [9.17, 15) is 4.79 Å². The minimum absolute atomic E-state index is 0.339. The number of hydrogen-bond acceptors (Lipinski definition) is 5. The summed E-state index contributed by atoms with van der Waals surface area (Å²) < 4.78 is 16.6. The molecule has 3 rings (SSSR count). The standard InChI is InChI=1S/C22H25NO4/c1-4-15-7-9-18-16(12-22(24)27-20(18)11-15)14-23-17-8-10-19(25-5-2)21(13-17)26-6-3/h7-13,23H,4-6,14H2,1-3H3. The van der Waals surface area contributed by atoms with Crippen molar-refractivity contribution in [1.29, 1.82) is 0 Å². The molecule has 5 heteroatoms. The van der Waals surface area contributed by atoms with E-state index in [1.807, 2.05) is 44.2 Å². The van der Waals surface area contributed by atoms with Crippen LogP contribution in [-0.4, -0.2) is 13.2 Å². The van der Waals surface area contributed by atoms with Crippen LogP contribution in [0.3, 0.4) is 0 Å². The zero-order valence-electron chi connectivity index (χ0n) is 16.0. The van der Waals surface area contributed by atoms with E-state index in [1.54, 1.807) is 6.07 Å². The average molecular weight is 367 g/mol. The van der Waals surface area contributed by atoms with Crippen molar-refractivity contribution in [3.8, 4) is 11.5 Å². The average Bonchev–Trinajstić information content (AvgIpc) is 2.67. The second-order valence-electron chi connectivity index (χ2n) is 6.16. The molecule has 0 radical (unpaired) electrons. The number of anilines is 1. The van der Waals surface area contributed by atoms with Gasteiger partial charge in [-0.15, -0.1) is 0 Å². The van der Waals surface area contributed by atoms with Crippen LogP contribution in [0.1, 0.15) is 31.9 Å². The van der Waals surface area contributed by atoms with Crippen molar-refractivity contribution in [2.75, 3.05) is 18.5 Å². The van der Waals surface area contributed by atoms with E-state index in [0.717, 1.165) is 34.4 Å². The van der Waals surface area contributed by atoms with Gasteiger partial charge in [-0.1, -0.05) is 19.1 Å². The lowest BCUT2D eigenvalue weighted by Crippen LogP contribution is -2.06. The van der Waals surface area contributed by atoms with Crippen LogP contribution in [0.2, 0.25) is 0 Å². The van der Waals surface area contributed by atoms with Crippen LogP contribution in [-0.2, 0) is 13.0 Å². The number of rotatable bonds is 8. The number of fused-ring (bicyclic) bond motifs is 1. The van der Waals surface area contributed by atoms with Gasteiger partial charge in [-0.3, -0.25) is 0 Å². The summed E-state index contributed by atoms with van der Waals surface area (Å²) in [7, 11) is 0. The number of nitrogens with one attached hydrogen (secondary N) is 1. The highest BCUT2D eigenvalue weighted by Crippen LogP contribution is 2.31. The molecule has 0 aliphatic heterocycles. The topological polar surface area (TPSA) is 60.7 Å². The normalized spacial score (nSPS) is 10.8. The van der Waals surface area contributed by atoms with Crippen LogP contribution in [0.4, 0.5) is 5.69 Å². The first-order valence-electron chi connectivity index (χ1n) is 9.33. The molecule has 27 heavy (non-hydrogen) atoms. The third kappa shape index (κ3) is 4.42. The summed E-state index contributed by atoms with van der Waals surface area (Å²) in [4.78, 5) is 11.9. The molecule has 142 valence electrons. The summed E-state index contributed by atoms with van der Waals surface area (Å²) >= 11 is 0. The van der Waals surface area contributed by atoms with E-state index in [1.165, 1.54) is 0 Å². The molecule has 0 aliphatic rings. The molecule has 1 N–H and O–H groups in total. The lowest BCUT2D eigenvalue weighted by Gasteiger charge is -2.14. The molecule has 0 spiro atoms. The fourth-order valence-corrected chi connectivity index (χ4v) is 3.00. The van der Waals surface area contributed by atoms with E-state index >= 15 is 0 Å². The summed E-state index contributed by atoms with van der Waals surface area (Å²) in [6.45, 7) is 7.61. The quantitative estimate of drug-likeness (QED) is 0.581. The molecule has 0 amide bonds. The van der Waals surface area contributed by atoms with Gasteiger partial charge in [0.2, 0.25) is 0 Å². The highest BCUT2D eigenvalue weighted by Gasteiger charge is 2.09. The third-order valence-corrected chi connectivity index (χ3v) is 4.33. The zero-order valence-corrected chi connectivity index (χ0v) is 16.0. The number of benzene rings is 2. The molecule has 0 unspecified atom stereocenters. The summed E-state index contributed by atoms with van der Waals surface area (Å²) in [6, 6.07) is 13.3. The van der Waals surface area contributed by atoms with Gasteiger partial charge in [-0.2, -0.15) is 0 Å². The van der Waals surface area contributed by atoms with E-state index < -0.39 is 0 Å². The monoisotopic (exact) mass is 367 g/mol. The van der Waals surface area contributed by atoms with Gasteiger partial charge >= 0.3 is 5.63 Å². The Labute approximate surface area is 158 Å². The highest BCUT2D eigenvalue weighted by molar-refractivity contribution is 5.81. The lowest BCUT2D eigenvalue weighted by molar-refractivity contribution is 0.288. The predicted molar refractivity (Wildman–Crippen MR) is 108 cm³/mol. The van der Waals surface area contributed by atoms with Crippen molar-refractivity contribution in [2.24, 2.45) is 0 Å². The van der Waals surface area contributed by atoms with Gasteiger partial charge < -0.3 is 19.2 Å². The maximum atomic E-state index is 11.9. The van der Waals surface area contributed by atoms with Gasteiger partial charge in [-0.25, -0.2) is 4.79 Å². The maximum absolute atomic E-state index is 11.9. The maximum Gasteiger partial charge on any atom is 0.336 e. The predicted octanol–water partition coefficient (Wildman–Crippen LogP) is 4.76. The first kappa shape index (κ1) is 18.8. The molecule has 0 saturated heterocycles. The molecule has 3 aromatic rings. The molecule has 0 aliphatic carbocycles. The van der Waals surface area contributed by atoms with Crippen LogP contribution in [0.25, 0.3) is 11.0 Å². The molecule has 0 saturated carbocycles. The smallest absolute Gasteiger partial charge is 0.336 e. The molecule has 0 fully saturated rings. The lowest BCUT2D eigenvalue weighted by atomic mass is 10.1. The molecule has 0 bridgehead atoms. The minimum Gasteiger partial charge on any atom is -0.490 e. The Bertz CT molecular complexity index is 978. The Kier molecular flexibility index (Phi) is 6.01. The molecular formula is C22H25NO4. The molecule has 1 aromatic heterocycles. The first-order chi connectivity index (χ1) is 13.1. The summed E-state index contributed by atoms with van der Waals surface area (Å²) in [5, 5.41) is 4.30. The van der Waals surface area contributed by atoms with Gasteiger partial charge in [0.05, 0.1) is 13.2 Å². The van der Waals surface area contributed by atoms with Crippen molar-refractivity contribution < 1.29 is 13.9 Å². The van der Waals surface area contributed by atoms with Crippen molar-refractivity contribution in [1.82, 2.24) is 0 Å². The van der Waals surface area contributed by atoms with Crippen LogP contribution in [0.15, 0.2) is 51.7 Å². The Morgan fingerprint density at radius 1 is 0.926 bits per heavy atom. The van der Waals surface area contributed by atoms with Crippen LogP contribution >= 0.6 is 0 Å². The fourth-order valence-electron chi connectivity index (χ4n) is 3.00. The van der Waals surface area contributed by atoms with E-state index in [2.05, 4.69) is 18.3 Å². The van der Waals surface area contributed by atoms with Crippen molar-refractivity contribution in [2.45, 2.75) is 33.7 Å². The van der Waals surface area contributed by atoms with Gasteiger partial charge in [0.15, 0.2) is 11.5 Å².